The van der Waals surface area contributed by atoms with Crippen molar-refractivity contribution < 1.29 is 4.79 Å². The minimum atomic E-state index is -0.188. The summed E-state index contributed by atoms with van der Waals surface area (Å²) < 4.78 is 2.07. The van der Waals surface area contributed by atoms with Gasteiger partial charge in [0.1, 0.15) is 0 Å². The first kappa shape index (κ1) is 16.0. The summed E-state index contributed by atoms with van der Waals surface area (Å²) in [6, 6.07) is 13.6. The van der Waals surface area contributed by atoms with E-state index in [1.165, 1.54) is 5.56 Å². The molecule has 2 N–H and O–H groups in total. The lowest BCUT2D eigenvalue weighted by atomic mass is 10.1. The SMILES string of the molecule is Cc1cc(Br)ccc1NC(=O)NCCc1ccccc1Br. The summed E-state index contributed by atoms with van der Waals surface area (Å²) in [7, 11) is 0. The van der Waals surface area contributed by atoms with Crippen molar-refractivity contribution in [1.29, 1.82) is 0 Å². The van der Waals surface area contributed by atoms with Gasteiger partial charge in [-0.2, -0.15) is 0 Å². The quantitative estimate of drug-likeness (QED) is 0.739. The zero-order valence-electron chi connectivity index (χ0n) is 11.6. The van der Waals surface area contributed by atoms with E-state index in [1.54, 1.807) is 0 Å². The lowest BCUT2D eigenvalue weighted by molar-refractivity contribution is 0.252. The van der Waals surface area contributed by atoms with E-state index in [0.717, 1.165) is 26.6 Å². The molecule has 0 fully saturated rings. The van der Waals surface area contributed by atoms with Crippen LogP contribution in [0.25, 0.3) is 0 Å². The van der Waals surface area contributed by atoms with Gasteiger partial charge in [-0.1, -0.05) is 50.1 Å². The largest absolute Gasteiger partial charge is 0.338 e. The summed E-state index contributed by atoms with van der Waals surface area (Å²) in [5.74, 6) is 0. The van der Waals surface area contributed by atoms with Crippen LogP contribution in [0.1, 0.15) is 11.1 Å². The molecule has 0 heterocycles. The Bertz CT molecular complexity index is 644. The van der Waals surface area contributed by atoms with E-state index in [0.29, 0.717) is 6.54 Å². The number of halogens is 2. The molecule has 0 unspecified atom stereocenters. The van der Waals surface area contributed by atoms with Gasteiger partial charge in [-0.25, -0.2) is 4.79 Å². The van der Waals surface area contributed by atoms with Crippen molar-refractivity contribution in [2.75, 3.05) is 11.9 Å². The molecular formula is C16H16Br2N2O. The van der Waals surface area contributed by atoms with Gasteiger partial charge in [0.05, 0.1) is 0 Å². The first-order valence-electron chi connectivity index (χ1n) is 6.60. The maximum atomic E-state index is 11.9. The summed E-state index contributed by atoms with van der Waals surface area (Å²) in [5, 5.41) is 5.72. The van der Waals surface area contributed by atoms with Crippen molar-refractivity contribution in [3.8, 4) is 0 Å². The van der Waals surface area contributed by atoms with Gasteiger partial charge < -0.3 is 10.6 Å². The van der Waals surface area contributed by atoms with Crippen LogP contribution in [-0.2, 0) is 6.42 Å². The number of rotatable bonds is 4. The van der Waals surface area contributed by atoms with E-state index in [2.05, 4.69) is 42.5 Å². The van der Waals surface area contributed by atoms with Gasteiger partial charge in [-0.05, 0) is 48.7 Å². The van der Waals surface area contributed by atoms with Crippen molar-refractivity contribution >= 4 is 43.6 Å². The number of carbonyl (C=O) groups is 1. The van der Waals surface area contributed by atoms with E-state index >= 15 is 0 Å². The number of carbonyl (C=O) groups excluding carboxylic acids is 1. The maximum Gasteiger partial charge on any atom is 0.319 e. The Hall–Kier alpha value is -1.33. The third kappa shape index (κ3) is 4.86. The minimum Gasteiger partial charge on any atom is -0.338 e. The third-order valence-electron chi connectivity index (χ3n) is 3.07. The highest BCUT2D eigenvalue weighted by molar-refractivity contribution is 9.10. The van der Waals surface area contributed by atoms with Gasteiger partial charge in [0.25, 0.3) is 0 Å². The Morgan fingerprint density at radius 3 is 2.62 bits per heavy atom. The second-order valence-corrected chi connectivity index (χ2v) is 6.45. The van der Waals surface area contributed by atoms with Crippen LogP contribution in [0, 0.1) is 6.92 Å². The van der Waals surface area contributed by atoms with E-state index in [4.69, 9.17) is 0 Å². The molecular weight excluding hydrogens is 396 g/mol. The number of amides is 2. The van der Waals surface area contributed by atoms with Gasteiger partial charge in [0.15, 0.2) is 0 Å². The molecule has 0 saturated carbocycles. The fraction of sp³-hybridized carbons (Fsp3) is 0.188. The molecule has 0 atom stereocenters. The van der Waals surface area contributed by atoms with Crippen molar-refractivity contribution in [2.24, 2.45) is 0 Å². The highest BCUT2D eigenvalue weighted by Gasteiger charge is 2.05. The van der Waals surface area contributed by atoms with Crippen LogP contribution in [0.3, 0.4) is 0 Å². The fourth-order valence-corrected chi connectivity index (χ4v) is 2.90. The number of benzene rings is 2. The second-order valence-electron chi connectivity index (χ2n) is 4.68. The van der Waals surface area contributed by atoms with Gasteiger partial charge in [-0.3, -0.25) is 0 Å². The Balaban J connectivity index is 1.84. The second kappa shape index (κ2) is 7.61. The standard InChI is InChI=1S/C16H16Br2N2O/c1-11-10-13(17)6-7-15(11)20-16(21)19-9-8-12-4-2-3-5-14(12)18/h2-7,10H,8-9H2,1H3,(H2,19,20,21). The van der Waals surface area contributed by atoms with Crippen LogP contribution >= 0.6 is 31.9 Å². The normalized spacial score (nSPS) is 10.2. The highest BCUT2D eigenvalue weighted by Crippen LogP contribution is 2.20. The molecule has 0 aliphatic carbocycles. The monoisotopic (exact) mass is 410 g/mol. The van der Waals surface area contributed by atoms with Crippen molar-refractivity contribution in [2.45, 2.75) is 13.3 Å². The Kier molecular flexibility index (Phi) is 5.82. The number of hydrogen-bond donors (Lipinski definition) is 2. The fourth-order valence-electron chi connectivity index (χ4n) is 1.95. The van der Waals surface area contributed by atoms with E-state index in [-0.39, 0.29) is 6.03 Å². The summed E-state index contributed by atoms with van der Waals surface area (Å²) >= 11 is 6.91. The van der Waals surface area contributed by atoms with Gasteiger partial charge in [-0.15, -0.1) is 0 Å². The molecule has 0 aliphatic heterocycles. The molecule has 0 saturated heterocycles. The van der Waals surface area contributed by atoms with Crippen LogP contribution in [0.15, 0.2) is 51.4 Å². The molecule has 2 rings (SSSR count). The van der Waals surface area contributed by atoms with Crippen molar-refractivity contribution in [3.63, 3.8) is 0 Å². The van der Waals surface area contributed by atoms with E-state index in [1.807, 2.05) is 49.4 Å². The summed E-state index contributed by atoms with van der Waals surface area (Å²) in [5.41, 5.74) is 3.01. The van der Waals surface area contributed by atoms with Crippen LogP contribution in [0.2, 0.25) is 0 Å². The van der Waals surface area contributed by atoms with Crippen LogP contribution in [0.5, 0.6) is 0 Å². The topological polar surface area (TPSA) is 41.1 Å². The molecule has 0 bridgehead atoms. The minimum absolute atomic E-state index is 0.188. The molecule has 21 heavy (non-hydrogen) atoms. The molecule has 0 spiro atoms. The van der Waals surface area contributed by atoms with Crippen LogP contribution < -0.4 is 10.6 Å². The lowest BCUT2D eigenvalue weighted by Crippen LogP contribution is -2.30. The van der Waals surface area contributed by atoms with Crippen molar-refractivity contribution in [3.05, 3.63) is 62.5 Å². The average molecular weight is 412 g/mol. The van der Waals surface area contributed by atoms with Crippen LogP contribution in [-0.4, -0.2) is 12.6 Å². The van der Waals surface area contributed by atoms with Gasteiger partial charge in [0, 0.05) is 21.2 Å². The zero-order valence-corrected chi connectivity index (χ0v) is 14.8. The number of aryl methyl sites for hydroxylation is 1. The predicted molar refractivity (Wildman–Crippen MR) is 93.7 cm³/mol. The molecule has 0 aromatic heterocycles. The first-order chi connectivity index (χ1) is 10.1. The summed E-state index contributed by atoms with van der Waals surface area (Å²) in [6.45, 7) is 2.55. The molecule has 0 aliphatic rings. The number of anilines is 1. The highest BCUT2D eigenvalue weighted by atomic mass is 79.9. The molecule has 2 aromatic rings. The third-order valence-corrected chi connectivity index (χ3v) is 4.34. The molecule has 0 radical (unpaired) electrons. The lowest BCUT2D eigenvalue weighted by Gasteiger charge is -2.10. The molecule has 110 valence electrons. The Labute approximate surface area is 141 Å². The Morgan fingerprint density at radius 1 is 1.14 bits per heavy atom. The van der Waals surface area contributed by atoms with E-state index < -0.39 is 0 Å². The zero-order chi connectivity index (χ0) is 15.2. The van der Waals surface area contributed by atoms with Gasteiger partial charge in [0.2, 0.25) is 0 Å². The number of nitrogens with one attached hydrogen (secondary N) is 2. The van der Waals surface area contributed by atoms with E-state index in [9.17, 15) is 4.79 Å². The smallest absolute Gasteiger partial charge is 0.319 e. The predicted octanol–water partition coefficient (Wildman–Crippen LogP) is 4.88. The molecule has 3 nitrogen and oxygen atoms in total. The van der Waals surface area contributed by atoms with Crippen LogP contribution in [0.4, 0.5) is 10.5 Å². The molecule has 5 heteroatoms. The average Bonchev–Trinajstić information content (AvgIpc) is 2.44. The van der Waals surface area contributed by atoms with Crippen molar-refractivity contribution in [1.82, 2.24) is 5.32 Å². The number of urea groups is 1. The Morgan fingerprint density at radius 2 is 1.90 bits per heavy atom. The first-order valence-corrected chi connectivity index (χ1v) is 8.19. The maximum absolute atomic E-state index is 11.9. The molecule has 2 amide bonds. The van der Waals surface area contributed by atoms with Gasteiger partial charge >= 0.3 is 6.03 Å². The summed E-state index contributed by atoms with van der Waals surface area (Å²) in [6.07, 6.45) is 0.786. The number of hydrogen-bond acceptors (Lipinski definition) is 1. The molecule has 2 aromatic carbocycles. The summed E-state index contributed by atoms with van der Waals surface area (Å²) in [4.78, 5) is 11.9.